The summed E-state index contributed by atoms with van der Waals surface area (Å²) in [6.07, 6.45) is 1.68. The minimum absolute atomic E-state index is 0.289. The summed E-state index contributed by atoms with van der Waals surface area (Å²) in [5.74, 6) is 1.21. The van der Waals surface area contributed by atoms with Gasteiger partial charge in [0.15, 0.2) is 5.58 Å². The smallest absolute Gasteiger partial charge is 0.307 e. The molecule has 0 N–H and O–H groups in total. The van der Waals surface area contributed by atoms with Gasteiger partial charge >= 0.3 is 5.84 Å². The largest absolute Gasteiger partial charge is 0.438 e. The first-order valence-electron chi connectivity index (χ1n) is 20.2. The lowest BCUT2D eigenvalue weighted by molar-refractivity contribution is 0.305. The molecule has 5 aromatic carbocycles. The Morgan fingerprint density at radius 1 is 0.524 bits per heavy atom. The average Bonchev–Trinajstić information content (AvgIpc) is 3.73. The fourth-order valence-corrected chi connectivity index (χ4v) is 9.04. The molecule has 5 nitrogen and oxygen atoms in total. The zero-order chi connectivity index (χ0) is 45.4. The summed E-state index contributed by atoms with van der Waals surface area (Å²) < 4.78 is 15.3. The van der Waals surface area contributed by atoms with E-state index in [4.69, 9.17) is 108 Å². The highest BCUT2D eigenvalue weighted by molar-refractivity contribution is 6.61. The number of fused-ring (bicyclic) bond motifs is 7. The topological polar surface area (TPSA) is 52.6 Å². The Bertz CT molecular complexity index is 3170. The normalized spacial score (nSPS) is 15.2. The standard InChI is InChI=1S/C46H29B12N3O2/c1-41(2)30-16-15-28(45(53,54)55)35(37(30)62-39-31(42(41,3)4)8-7-19-59-39)22-11-13-26(43(47,48)49)24(20-22)25-21-23(12-14-27(25)44(50,51)52)36-29(46(56,57)58)17-18-34-38(36)63-40-60-32-9-5-6-10-33(32)61(34)40/h5-21H,1-4H3. The molecule has 0 bridgehead atoms. The van der Waals surface area contributed by atoms with Crippen LogP contribution in [0.15, 0.2) is 108 Å². The van der Waals surface area contributed by atoms with Crippen LogP contribution >= 0.6 is 0 Å². The summed E-state index contributed by atoms with van der Waals surface area (Å²) in [5.41, 5.74) is 7.52. The van der Waals surface area contributed by atoms with E-state index in [2.05, 4.69) is 32.7 Å². The van der Waals surface area contributed by atoms with Gasteiger partial charge < -0.3 is 9.15 Å². The molecule has 4 heterocycles. The van der Waals surface area contributed by atoms with Gasteiger partial charge in [-0.25, -0.2) is 4.98 Å². The predicted molar refractivity (Wildman–Crippen MR) is 265 cm³/mol. The molecule has 3 aromatic heterocycles. The van der Waals surface area contributed by atoms with Crippen LogP contribution in [0.1, 0.15) is 61.1 Å². The minimum Gasteiger partial charge on any atom is -0.438 e. The third-order valence-corrected chi connectivity index (χ3v) is 12.9. The Morgan fingerprint density at radius 2 is 1.05 bits per heavy atom. The quantitative estimate of drug-likeness (QED) is 0.202. The molecule has 0 aliphatic carbocycles. The molecule has 1 aliphatic heterocycles. The molecular formula is C46H29B12N3O2. The maximum Gasteiger partial charge on any atom is 0.307 e. The van der Waals surface area contributed by atoms with Gasteiger partial charge in [0.1, 0.15) is 5.75 Å². The van der Waals surface area contributed by atoms with Crippen molar-refractivity contribution < 1.29 is 9.15 Å². The third kappa shape index (κ3) is 6.94. The molecule has 0 saturated heterocycles. The van der Waals surface area contributed by atoms with Crippen molar-refractivity contribution in [3.8, 4) is 45.0 Å². The van der Waals surface area contributed by atoms with E-state index in [0.29, 0.717) is 78.6 Å². The van der Waals surface area contributed by atoms with Crippen LogP contribution in [0.2, 0.25) is 0 Å². The minimum atomic E-state index is -1.91. The van der Waals surface area contributed by atoms with Crippen LogP contribution in [0.5, 0.6) is 11.6 Å². The van der Waals surface area contributed by atoms with Gasteiger partial charge in [0.2, 0.25) is 5.88 Å². The van der Waals surface area contributed by atoms with Crippen molar-refractivity contribution in [3.63, 3.8) is 0 Å². The van der Waals surface area contributed by atoms with E-state index in [-0.39, 0.29) is 5.56 Å². The van der Waals surface area contributed by atoms with Crippen LogP contribution in [0, 0.1) is 0 Å². The van der Waals surface area contributed by atoms with E-state index in [1.807, 2.05) is 65.1 Å². The number of oxazole rings is 1. The van der Waals surface area contributed by atoms with Crippen molar-refractivity contribution in [2.75, 3.05) is 0 Å². The zero-order valence-corrected chi connectivity index (χ0v) is 35.4. The number of benzene rings is 5. The maximum absolute atomic E-state index is 6.86. The van der Waals surface area contributed by atoms with Crippen molar-refractivity contribution in [2.24, 2.45) is 0 Å². The summed E-state index contributed by atoms with van der Waals surface area (Å²) in [6, 6.07) is 29.5. The van der Waals surface area contributed by atoms with Gasteiger partial charge in [0, 0.05) is 39.3 Å². The van der Waals surface area contributed by atoms with Crippen LogP contribution in [-0.2, 0) is 31.3 Å². The van der Waals surface area contributed by atoms with Gasteiger partial charge in [-0.1, -0.05) is 111 Å². The van der Waals surface area contributed by atoms with Crippen LogP contribution in [-0.4, -0.2) is 109 Å². The van der Waals surface area contributed by atoms with E-state index < -0.39 is 31.3 Å². The summed E-state index contributed by atoms with van der Waals surface area (Å²) in [6.45, 7) is 8.60. The lowest BCUT2D eigenvalue weighted by Crippen LogP contribution is -2.40. The van der Waals surface area contributed by atoms with Gasteiger partial charge in [-0.05, 0) is 58.7 Å². The second-order valence-electron chi connectivity index (χ2n) is 18.0. The SMILES string of the molecule is [B]C([B])([B])c1ccc(-c2c(C([B])([B])[B])ccc3c2Oc2ncccc2C(C)(C)C3(C)C)cc1-c1cc(-c2c(C([B])([B])[B])ccc3c2oc2nc4ccccc4n23)ccc1C([B])([B])[B]. The number of aromatic nitrogens is 3. The van der Waals surface area contributed by atoms with E-state index in [9.17, 15) is 0 Å². The van der Waals surface area contributed by atoms with Crippen LogP contribution in [0.25, 0.3) is 61.4 Å². The molecular weight excluding hydrogens is 756 g/mol. The molecule has 0 unspecified atom stereocenters. The molecule has 0 amide bonds. The van der Waals surface area contributed by atoms with Crippen LogP contribution in [0.3, 0.4) is 0 Å². The number of rotatable bonds is 7. The first-order valence-corrected chi connectivity index (χ1v) is 20.2. The number of hydrogen-bond donors (Lipinski definition) is 0. The van der Waals surface area contributed by atoms with E-state index in [0.717, 1.165) is 22.2 Å². The number of ether oxygens (including phenoxy) is 1. The number of hydrogen-bond acceptors (Lipinski definition) is 4. The Labute approximate surface area is 384 Å². The molecule has 0 atom stereocenters. The highest BCUT2D eigenvalue weighted by Gasteiger charge is 2.47. The molecule has 0 spiro atoms. The fraction of sp³-hybridized carbons (Fsp3) is 0.217. The summed E-state index contributed by atoms with van der Waals surface area (Å²) in [5, 5.41) is -7.51. The Balaban J connectivity index is 1.36. The molecule has 17 heteroatoms. The van der Waals surface area contributed by atoms with Crippen LogP contribution in [0.4, 0.5) is 0 Å². The summed E-state index contributed by atoms with van der Waals surface area (Å²) >= 11 is 0. The number of pyridine rings is 1. The highest BCUT2D eigenvalue weighted by atomic mass is 16.5. The third-order valence-electron chi connectivity index (χ3n) is 12.9. The van der Waals surface area contributed by atoms with Crippen molar-refractivity contribution in [1.82, 2.24) is 14.4 Å². The molecule has 9 rings (SSSR count). The van der Waals surface area contributed by atoms with Crippen molar-refractivity contribution in [1.29, 1.82) is 0 Å². The summed E-state index contributed by atoms with van der Waals surface area (Å²) in [4.78, 5) is 9.41. The fourth-order valence-electron chi connectivity index (χ4n) is 9.04. The Morgan fingerprint density at radius 3 is 1.65 bits per heavy atom. The number of imidazole rings is 1. The Kier molecular flexibility index (Phi) is 9.84. The van der Waals surface area contributed by atoms with Crippen molar-refractivity contribution in [2.45, 2.75) is 59.0 Å². The molecule has 24 radical (unpaired) electrons. The van der Waals surface area contributed by atoms with E-state index in [1.54, 1.807) is 42.6 Å². The van der Waals surface area contributed by atoms with Crippen molar-refractivity contribution in [3.05, 3.63) is 137 Å². The van der Waals surface area contributed by atoms with E-state index >= 15 is 0 Å². The van der Waals surface area contributed by atoms with Crippen LogP contribution < -0.4 is 4.74 Å². The Hall–Kier alpha value is -4.90. The van der Waals surface area contributed by atoms with E-state index in [1.165, 1.54) is 0 Å². The molecule has 1 aliphatic rings. The monoisotopic (exact) mass is 787 g/mol. The number of para-hydroxylation sites is 2. The second-order valence-corrected chi connectivity index (χ2v) is 18.0. The number of nitrogens with zero attached hydrogens (tertiary/aromatic N) is 3. The molecule has 0 saturated carbocycles. The van der Waals surface area contributed by atoms with Gasteiger partial charge in [0.25, 0.3) is 0 Å². The molecule has 8 aromatic rings. The molecule has 276 valence electrons. The van der Waals surface area contributed by atoms with Gasteiger partial charge in [-0.15, -0.1) is 20.5 Å². The first-order chi connectivity index (χ1) is 29.3. The first kappa shape index (κ1) is 43.4. The summed E-state index contributed by atoms with van der Waals surface area (Å²) in [7, 11) is 78.5. The lowest BCUT2D eigenvalue weighted by Gasteiger charge is -2.41. The zero-order valence-electron chi connectivity index (χ0n) is 35.4. The molecule has 63 heavy (non-hydrogen) atoms. The average molecular weight is 786 g/mol. The maximum atomic E-state index is 6.86. The van der Waals surface area contributed by atoms with Gasteiger partial charge in [0.05, 0.1) is 111 Å². The van der Waals surface area contributed by atoms with Gasteiger partial charge in [-0.3, -0.25) is 4.40 Å². The highest BCUT2D eigenvalue weighted by Crippen LogP contribution is 2.56. The second kappa shape index (κ2) is 14.3. The van der Waals surface area contributed by atoms with Crippen molar-refractivity contribution >= 4 is 122 Å². The molecule has 0 fully saturated rings. The predicted octanol–water partition coefficient (Wildman–Crippen LogP) is 5.45. The lowest BCUT2D eigenvalue weighted by atomic mass is 9.38. The van der Waals surface area contributed by atoms with Gasteiger partial charge in [-0.2, -0.15) is 4.98 Å².